The van der Waals surface area contributed by atoms with Gasteiger partial charge >= 0.3 is 0 Å². The Morgan fingerprint density at radius 3 is 2.72 bits per heavy atom. The maximum Gasteiger partial charge on any atom is 0.0360 e. The molecule has 1 aromatic carbocycles. The predicted molar refractivity (Wildman–Crippen MR) is 77.1 cm³/mol. The molecule has 1 heterocycles. The second kappa shape index (κ2) is 4.16. The molecule has 3 rings (SSSR count). The van der Waals surface area contributed by atoms with Gasteiger partial charge in [-0.25, -0.2) is 0 Å². The first-order chi connectivity index (χ1) is 8.65. The molecule has 0 fully saturated rings. The van der Waals surface area contributed by atoms with E-state index in [1.165, 1.54) is 47.1 Å². The van der Waals surface area contributed by atoms with Gasteiger partial charge in [-0.15, -0.1) is 0 Å². The zero-order valence-corrected chi connectivity index (χ0v) is 11.2. The molecule has 0 atom stereocenters. The fourth-order valence-corrected chi connectivity index (χ4v) is 2.83. The van der Waals surface area contributed by atoms with Crippen LogP contribution in [0.25, 0.3) is 5.57 Å². The molecule has 0 amide bonds. The Labute approximate surface area is 109 Å². The maximum absolute atomic E-state index is 4.08. The molecule has 0 bridgehead atoms. The van der Waals surface area contributed by atoms with Crippen molar-refractivity contribution in [2.45, 2.75) is 26.2 Å². The van der Waals surface area contributed by atoms with Crippen molar-refractivity contribution in [3.63, 3.8) is 0 Å². The van der Waals surface area contributed by atoms with Crippen LogP contribution < -0.4 is 0 Å². The van der Waals surface area contributed by atoms with Gasteiger partial charge in [0.2, 0.25) is 0 Å². The topological polar surface area (TPSA) is 3.24 Å². The van der Waals surface area contributed by atoms with Crippen molar-refractivity contribution in [2.75, 3.05) is 7.05 Å². The Balaban J connectivity index is 2.01. The van der Waals surface area contributed by atoms with Crippen molar-refractivity contribution < 1.29 is 0 Å². The number of rotatable bonds is 1. The summed E-state index contributed by atoms with van der Waals surface area (Å²) in [6.45, 7) is 6.20. The minimum Gasteiger partial charge on any atom is -0.351 e. The molecular weight excluding hydrogens is 218 g/mol. The second-order valence-corrected chi connectivity index (χ2v) is 5.31. The molecule has 0 aromatic heterocycles. The van der Waals surface area contributed by atoms with Gasteiger partial charge in [0.25, 0.3) is 0 Å². The lowest BCUT2D eigenvalue weighted by Crippen LogP contribution is -2.14. The number of aryl methyl sites for hydroxylation is 2. The fraction of sp³-hybridized carbons (Fsp3) is 0.294. The first-order valence-electron chi connectivity index (χ1n) is 6.59. The molecule has 1 aliphatic heterocycles. The molecule has 0 unspecified atom stereocenters. The summed E-state index contributed by atoms with van der Waals surface area (Å²) in [5.74, 6) is 0. The van der Waals surface area contributed by atoms with Crippen LogP contribution in [0.2, 0.25) is 0 Å². The molecule has 0 radical (unpaired) electrons. The molecule has 92 valence electrons. The Morgan fingerprint density at radius 2 is 1.94 bits per heavy atom. The summed E-state index contributed by atoms with van der Waals surface area (Å²) < 4.78 is 0. The van der Waals surface area contributed by atoms with Gasteiger partial charge in [-0.3, -0.25) is 0 Å². The van der Waals surface area contributed by atoms with Crippen LogP contribution in [-0.2, 0) is 12.8 Å². The highest BCUT2D eigenvalue weighted by Crippen LogP contribution is 2.30. The number of allylic oxidation sites excluding steroid dienone is 3. The Bertz CT molecular complexity index is 575. The zero-order chi connectivity index (χ0) is 12.7. The van der Waals surface area contributed by atoms with Gasteiger partial charge in [0.05, 0.1) is 0 Å². The highest BCUT2D eigenvalue weighted by Gasteiger charge is 2.15. The number of likely N-dealkylation sites (N-methyl/N-ethyl adjacent to an activating group) is 1. The first-order valence-corrected chi connectivity index (χ1v) is 6.59. The van der Waals surface area contributed by atoms with Crippen LogP contribution in [0.1, 0.15) is 30.0 Å². The van der Waals surface area contributed by atoms with E-state index < -0.39 is 0 Å². The average Bonchev–Trinajstić information content (AvgIpc) is 2.82. The highest BCUT2D eigenvalue weighted by molar-refractivity contribution is 5.77. The van der Waals surface area contributed by atoms with E-state index in [2.05, 4.69) is 55.9 Å². The highest BCUT2D eigenvalue weighted by atomic mass is 15.1. The van der Waals surface area contributed by atoms with Crippen LogP contribution >= 0.6 is 0 Å². The summed E-state index contributed by atoms with van der Waals surface area (Å²) >= 11 is 0. The molecule has 1 nitrogen and oxygen atoms in total. The molecular formula is C17H19N. The summed E-state index contributed by atoms with van der Waals surface area (Å²) in [5.41, 5.74) is 8.02. The monoisotopic (exact) mass is 237 g/mol. The van der Waals surface area contributed by atoms with Gasteiger partial charge in [0.1, 0.15) is 0 Å². The number of fused-ring (bicyclic) bond motifs is 1. The van der Waals surface area contributed by atoms with E-state index in [4.69, 9.17) is 0 Å². The van der Waals surface area contributed by atoms with E-state index in [0.717, 1.165) is 5.70 Å². The molecule has 0 saturated heterocycles. The SMILES string of the molecule is C=C1C(C)=CC(c2ccc3c(c2)CCC3)=CN1C. The van der Waals surface area contributed by atoms with Gasteiger partial charge in [-0.1, -0.05) is 24.8 Å². The summed E-state index contributed by atoms with van der Waals surface area (Å²) in [6, 6.07) is 6.91. The number of hydrogen-bond acceptors (Lipinski definition) is 1. The van der Waals surface area contributed by atoms with E-state index in [-0.39, 0.29) is 0 Å². The Morgan fingerprint density at radius 1 is 1.17 bits per heavy atom. The van der Waals surface area contributed by atoms with Crippen LogP contribution in [0.4, 0.5) is 0 Å². The molecule has 0 spiro atoms. The lowest BCUT2D eigenvalue weighted by atomic mass is 9.97. The summed E-state index contributed by atoms with van der Waals surface area (Å²) in [5, 5.41) is 0. The van der Waals surface area contributed by atoms with Gasteiger partial charge in [0.15, 0.2) is 0 Å². The minimum atomic E-state index is 1.08. The zero-order valence-electron chi connectivity index (χ0n) is 11.2. The summed E-state index contributed by atoms with van der Waals surface area (Å²) in [4.78, 5) is 2.11. The second-order valence-electron chi connectivity index (χ2n) is 5.31. The van der Waals surface area contributed by atoms with Crippen molar-refractivity contribution in [1.82, 2.24) is 4.90 Å². The molecule has 2 aliphatic rings. The van der Waals surface area contributed by atoms with Crippen LogP contribution in [0.15, 0.2) is 48.3 Å². The van der Waals surface area contributed by atoms with Crippen LogP contribution in [0.3, 0.4) is 0 Å². The lowest BCUT2D eigenvalue weighted by molar-refractivity contribution is 0.579. The average molecular weight is 237 g/mol. The van der Waals surface area contributed by atoms with Crippen molar-refractivity contribution in [1.29, 1.82) is 0 Å². The summed E-state index contributed by atoms with van der Waals surface area (Å²) in [7, 11) is 2.06. The number of nitrogens with zero attached hydrogens (tertiary/aromatic N) is 1. The maximum atomic E-state index is 4.08. The Hall–Kier alpha value is -1.76. The molecule has 0 saturated carbocycles. The summed E-state index contributed by atoms with van der Waals surface area (Å²) in [6.07, 6.45) is 8.20. The smallest absolute Gasteiger partial charge is 0.0360 e. The Kier molecular flexibility index (Phi) is 2.62. The van der Waals surface area contributed by atoms with Gasteiger partial charge < -0.3 is 4.90 Å². The third kappa shape index (κ3) is 1.80. The van der Waals surface area contributed by atoms with Crippen molar-refractivity contribution in [3.8, 4) is 0 Å². The quantitative estimate of drug-likeness (QED) is 0.715. The van der Waals surface area contributed by atoms with Crippen LogP contribution in [0.5, 0.6) is 0 Å². The largest absolute Gasteiger partial charge is 0.351 e. The van der Waals surface area contributed by atoms with E-state index in [1.54, 1.807) is 0 Å². The van der Waals surface area contributed by atoms with E-state index >= 15 is 0 Å². The predicted octanol–water partition coefficient (Wildman–Crippen LogP) is 3.92. The van der Waals surface area contributed by atoms with E-state index in [0.29, 0.717) is 0 Å². The number of hydrogen-bond donors (Lipinski definition) is 0. The van der Waals surface area contributed by atoms with Crippen LogP contribution in [-0.4, -0.2) is 11.9 Å². The van der Waals surface area contributed by atoms with Crippen molar-refractivity contribution in [2.24, 2.45) is 0 Å². The van der Waals surface area contributed by atoms with E-state index in [1.807, 2.05) is 0 Å². The first kappa shape index (κ1) is 11.3. The van der Waals surface area contributed by atoms with Crippen LogP contribution in [0, 0.1) is 0 Å². The standard InChI is InChI=1S/C17H19N/c1-12-9-17(11-18(3)13(12)2)16-8-7-14-5-4-6-15(14)10-16/h7-11H,2,4-6H2,1,3H3. The third-order valence-electron chi connectivity index (χ3n) is 4.02. The van der Waals surface area contributed by atoms with Crippen molar-refractivity contribution >= 4 is 5.57 Å². The fourth-order valence-electron chi connectivity index (χ4n) is 2.83. The third-order valence-corrected chi connectivity index (χ3v) is 4.02. The minimum absolute atomic E-state index is 1.08. The molecule has 0 N–H and O–H groups in total. The normalized spacial score (nSPS) is 18.6. The molecule has 1 aromatic rings. The van der Waals surface area contributed by atoms with Gasteiger partial charge in [-0.05, 0) is 60.1 Å². The molecule has 18 heavy (non-hydrogen) atoms. The molecule has 1 heteroatoms. The van der Waals surface area contributed by atoms with E-state index in [9.17, 15) is 0 Å². The lowest BCUT2D eigenvalue weighted by Gasteiger charge is -2.24. The van der Waals surface area contributed by atoms with Gasteiger partial charge in [-0.2, -0.15) is 0 Å². The number of benzene rings is 1. The molecule has 1 aliphatic carbocycles. The van der Waals surface area contributed by atoms with Crippen molar-refractivity contribution in [3.05, 3.63) is 65.0 Å². The van der Waals surface area contributed by atoms with Gasteiger partial charge in [0, 0.05) is 18.9 Å².